The van der Waals surface area contributed by atoms with Gasteiger partial charge < -0.3 is 14.8 Å². The first-order valence-corrected chi connectivity index (χ1v) is 8.14. The van der Waals surface area contributed by atoms with Crippen molar-refractivity contribution in [1.29, 1.82) is 0 Å². The number of anilines is 1. The Kier molecular flexibility index (Phi) is 3.83. The summed E-state index contributed by atoms with van der Waals surface area (Å²) in [4.78, 5) is 12.1. The highest BCUT2D eigenvalue weighted by Gasteiger charge is 2.15. The van der Waals surface area contributed by atoms with Gasteiger partial charge in [-0.15, -0.1) is 10.2 Å². The number of aromatic nitrogens is 4. The molecule has 0 saturated carbocycles. The van der Waals surface area contributed by atoms with Gasteiger partial charge in [-0.3, -0.25) is 9.47 Å². The van der Waals surface area contributed by atoms with Crippen molar-refractivity contribution < 1.29 is 14.3 Å². The minimum Gasteiger partial charge on any atom is -0.454 e. The third-order valence-corrected chi connectivity index (χ3v) is 4.26. The number of hydrogen-bond acceptors (Lipinski definition) is 6. The fourth-order valence-electron chi connectivity index (χ4n) is 2.24. The van der Waals surface area contributed by atoms with Crippen LogP contribution in [-0.4, -0.2) is 38.0 Å². The Morgan fingerprint density at radius 1 is 1.25 bits per heavy atom. The number of fused-ring (bicyclic) bond motifs is 1. The van der Waals surface area contributed by atoms with Gasteiger partial charge in [0.25, 0.3) is 0 Å². The van der Waals surface area contributed by atoms with Crippen LogP contribution in [0, 0.1) is 0 Å². The first kappa shape index (κ1) is 14.6. The van der Waals surface area contributed by atoms with E-state index in [9.17, 15) is 4.79 Å². The Labute approximate surface area is 141 Å². The third kappa shape index (κ3) is 2.93. The number of thioether (sulfide) groups is 1. The quantitative estimate of drug-likeness (QED) is 0.712. The molecule has 2 aromatic heterocycles. The van der Waals surface area contributed by atoms with Gasteiger partial charge in [0.1, 0.15) is 6.33 Å². The van der Waals surface area contributed by atoms with Crippen LogP contribution in [0.3, 0.4) is 0 Å². The molecular formula is C15H13N5O3S. The zero-order valence-electron chi connectivity index (χ0n) is 12.5. The van der Waals surface area contributed by atoms with Gasteiger partial charge in [-0.1, -0.05) is 11.8 Å². The van der Waals surface area contributed by atoms with Crippen molar-refractivity contribution in [3.8, 4) is 11.5 Å². The van der Waals surface area contributed by atoms with E-state index in [1.54, 1.807) is 29.2 Å². The standard InChI is InChI=1S/C15H13N5O3S/c21-14(17-11-3-4-12-13(7-11)23-10-22-12)8-24-15-18-16-9-20(15)19-5-1-2-6-19/h1-7,9H,8,10H2,(H,17,21). The Morgan fingerprint density at radius 3 is 2.96 bits per heavy atom. The molecule has 1 aromatic carbocycles. The minimum atomic E-state index is -0.138. The van der Waals surface area contributed by atoms with Crippen LogP contribution in [0.5, 0.6) is 11.5 Å². The van der Waals surface area contributed by atoms with Crippen LogP contribution in [0.1, 0.15) is 0 Å². The maximum atomic E-state index is 12.1. The predicted octanol–water partition coefficient (Wildman–Crippen LogP) is 1.85. The van der Waals surface area contributed by atoms with Gasteiger partial charge in [0.15, 0.2) is 11.5 Å². The number of amides is 1. The Hall–Kier alpha value is -2.94. The number of nitrogens with zero attached hydrogens (tertiary/aromatic N) is 4. The maximum absolute atomic E-state index is 12.1. The molecule has 1 N–H and O–H groups in total. The molecule has 9 heteroatoms. The van der Waals surface area contributed by atoms with Crippen LogP contribution in [0.2, 0.25) is 0 Å². The van der Waals surface area contributed by atoms with E-state index in [0.717, 1.165) is 0 Å². The minimum absolute atomic E-state index is 0.138. The van der Waals surface area contributed by atoms with Gasteiger partial charge in [-0.25, -0.2) is 4.68 Å². The fourth-order valence-corrected chi connectivity index (χ4v) is 2.95. The van der Waals surface area contributed by atoms with Crippen molar-refractivity contribution in [1.82, 2.24) is 19.5 Å². The molecule has 122 valence electrons. The van der Waals surface area contributed by atoms with Crippen molar-refractivity contribution in [2.45, 2.75) is 5.16 Å². The lowest BCUT2D eigenvalue weighted by molar-refractivity contribution is -0.113. The van der Waals surface area contributed by atoms with Gasteiger partial charge in [0, 0.05) is 24.1 Å². The SMILES string of the molecule is O=C(CSc1nncn1-n1cccc1)Nc1ccc2c(c1)OCO2. The lowest BCUT2D eigenvalue weighted by Gasteiger charge is -2.08. The van der Waals surface area contributed by atoms with Gasteiger partial charge in [0.05, 0.1) is 5.75 Å². The summed E-state index contributed by atoms with van der Waals surface area (Å²) < 4.78 is 14.1. The molecular weight excluding hydrogens is 330 g/mol. The summed E-state index contributed by atoms with van der Waals surface area (Å²) >= 11 is 1.31. The number of hydrogen-bond donors (Lipinski definition) is 1. The number of benzene rings is 1. The number of rotatable bonds is 5. The summed E-state index contributed by atoms with van der Waals surface area (Å²) in [6.45, 7) is 0.206. The monoisotopic (exact) mass is 343 g/mol. The maximum Gasteiger partial charge on any atom is 0.234 e. The summed E-state index contributed by atoms with van der Waals surface area (Å²) in [6.07, 6.45) is 5.35. The molecule has 8 nitrogen and oxygen atoms in total. The Bertz CT molecular complexity index is 862. The van der Waals surface area contributed by atoms with E-state index >= 15 is 0 Å². The van der Waals surface area contributed by atoms with Gasteiger partial charge in [-0.05, 0) is 24.3 Å². The summed E-state index contributed by atoms with van der Waals surface area (Å²) in [5, 5.41) is 11.4. The van der Waals surface area contributed by atoms with E-state index in [0.29, 0.717) is 22.3 Å². The van der Waals surface area contributed by atoms with Gasteiger partial charge in [0.2, 0.25) is 17.9 Å². The first-order valence-electron chi connectivity index (χ1n) is 7.15. The smallest absolute Gasteiger partial charge is 0.234 e. The molecule has 3 heterocycles. The highest BCUT2D eigenvalue weighted by Crippen LogP contribution is 2.34. The van der Waals surface area contributed by atoms with Crippen LogP contribution < -0.4 is 14.8 Å². The largest absolute Gasteiger partial charge is 0.454 e. The molecule has 0 aliphatic carbocycles. The van der Waals surface area contributed by atoms with Crippen molar-refractivity contribution in [3.05, 3.63) is 49.1 Å². The summed E-state index contributed by atoms with van der Waals surface area (Å²) in [7, 11) is 0. The summed E-state index contributed by atoms with van der Waals surface area (Å²) in [5.74, 6) is 1.39. The molecule has 0 fully saturated rings. The predicted molar refractivity (Wildman–Crippen MR) is 87.2 cm³/mol. The van der Waals surface area contributed by atoms with E-state index in [4.69, 9.17) is 9.47 Å². The van der Waals surface area contributed by atoms with E-state index in [1.165, 1.54) is 11.8 Å². The zero-order chi connectivity index (χ0) is 16.4. The number of carbonyl (C=O) groups excluding carboxylic acids is 1. The van der Waals surface area contributed by atoms with Crippen LogP contribution in [-0.2, 0) is 4.79 Å². The normalized spacial score (nSPS) is 12.3. The Balaban J connectivity index is 1.38. The van der Waals surface area contributed by atoms with E-state index in [-0.39, 0.29) is 18.5 Å². The van der Waals surface area contributed by atoms with E-state index in [2.05, 4.69) is 15.5 Å². The van der Waals surface area contributed by atoms with E-state index in [1.807, 2.05) is 29.2 Å². The molecule has 1 aliphatic heterocycles. The molecule has 0 bridgehead atoms. The average Bonchev–Trinajstić information content (AvgIpc) is 3.32. The van der Waals surface area contributed by atoms with Gasteiger partial charge in [-0.2, -0.15) is 0 Å². The average molecular weight is 343 g/mol. The van der Waals surface area contributed by atoms with E-state index < -0.39 is 0 Å². The van der Waals surface area contributed by atoms with Gasteiger partial charge >= 0.3 is 0 Å². The molecule has 0 unspecified atom stereocenters. The van der Waals surface area contributed by atoms with Crippen molar-refractivity contribution in [2.24, 2.45) is 0 Å². The lowest BCUT2D eigenvalue weighted by Crippen LogP contribution is -2.15. The topological polar surface area (TPSA) is 83.2 Å². The van der Waals surface area contributed by atoms with Crippen LogP contribution >= 0.6 is 11.8 Å². The first-order chi connectivity index (χ1) is 11.8. The second-order valence-electron chi connectivity index (χ2n) is 4.93. The molecule has 4 rings (SSSR count). The van der Waals surface area contributed by atoms with Crippen LogP contribution in [0.4, 0.5) is 5.69 Å². The third-order valence-electron chi connectivity index (χ3n) is 3.33. The summed E-state index contributed by atoms with van der Waals surface area (Å²) in [5.41, 5.74) is 0.664. The molecule has 0 spiro atoms. The molecule has 1 aliphatic rings. The molecule has 0 radical (unpaired) electrons. The summed E-state index contributed by atoms with van der Waals surface area (Å²) in [6, 6.07) is 9.10. The molecule has 3 aromatic rings. The number of ether oxygens (including phenoxy) is 2. The number of nitrogens with one attached hydrogen (secondary N) is 1. The zero-order valence-corrected chi connectivity index (χ0v) is 13.3. The van der Waals surface area contributed by atoms with Crippen LogP contribution in [0.25, 0.3) is 0 Å². The highest BCUT2D eigenvalue weighted by molar-refractivity contribution is 7.99. The van der Waals surface area contributed by atoms with Crippen LogP contribution in [0.15, 0.2) is 54.2 Å². The highest BCUT2D eigenvalue weighted by atomic mass is 32.2. The molecule has 0 saturated heterocycles. The number of carbonyl (C=O) groups is 1. The lowest BCUT2D eigenvalue weighted by atomic mass is 10.3. The van der Waals surface area contributed by atoms with Crippen molar-refractivity contribution >= 4 is 23.4 Å². The molecule has 0 atom stereocenters. The second-order valence-corrected chi connectivity index (χ2v) is 5.87. The van der Waals surface area contributed by atoms with Crippen molar-refractivity contribution in [2.75, 3.05) is 17.9 Å². The Morgan fingerprint density at radius 2 is 2.08 bits per heavy atom. The molecule has 1 amide bonds. The van der Waals surface area contributed by atoms with Crippen molar-refractivity contribution in [3.63, 3.8) is 0 Å². The molecule has 24 heavy (non-hydrogen) atoms. The second kappa shape index (κ2) is 6.28. The fraction of sp³-hybridized carbons (Fsp3) is 0.133.